The fourth-order valence-electron chi connectivity index (χ4n) is 3.69. The van der Waals surface area contributed by atoms with Crippen molar-refractivity contribution in [3.63, 3.8) is 0 Å². The first-order valence-electron chi connectivity index (χ1n) is 9.52. The van der Waals surface area contributed by atoms with Crippen LogP contribution in [0.1, 0.15) is 56.9 Å². The maximum atomic E-state index is 4.56. The van der Waals surface area contributed by atoms with Gasteiger partial charge in [0, 0.05) is 38.9 Å². The fraction of sp³-hybridized carbons (Fsp3) is 0.684. The summed E-state index contributed by atoms with van der Waals surface area (Å²) in [6, 6.07) is 4.88. The predicted octanol–water partition coefficient (Wildman–Crippen LogP) is 3.69. The summed E-state index contributed by atoms with van der Waals surface area (Å²) in [5.74, 6) is 2.03. The van der Waals surface area contributed by atoms with Crippen LogP contribution in [0.15, 0.2) is 23.3 Å². The third-order valence-electron chi connectivity index (χ3n) is 5.12. The molecule has 0 unspecified atom stereocenters. The summed E-state index contributed by atoms with van der Waals surface area (Å²) in [6.45, 7) is 3.05. The summed E-state index contributed by atoms with van der Waals surface area (Å²) in [7, 11) is 1.85. The zero-order valence-corrected chi connectivity index (χ0v) is 17.7. The molecule has 0 bridgehead atoms. The molecule has 1 saturated carbocycles. The third-order valence-corrected chi connectivity index (χ3v) is 5.12. The van der Waals surface area contributed by atoms with Gasteiger partial charge in [0.15, 0.2) is 5.96 Å². The van der Waals surface area contributed by atoms with Gasteiger partial charge in [0.1, 0.15) is 5.82 Å². The maximum absolute atomic E-state index is 4.56. The molecule has 2 aliphatic rings. The van der Waals surface area contributed by atoms with E-state index in [1.807, 2.05) is 13.2 Å². The first-order chi connectivity index (χ1) is 11.8. The molecular formula is C19H32IN5. The minimum absolute atomic E-state index is 0. The van der Waals surface area contributed by atoms with Crippen molar-refractivity contribution in [3.8, 4) is 0 Å². The van der Waals surface area contributed by atoms with E-state index in [1.54, 1.807) is 0 Å². The van der Waals surface area contributed by atoms with E-state index in [4.69, 9.17) is 0 Å². The maximum Gasteiger partial charge on any atom is 0.191 e. The quantitative estimate of drug-likeness (QED) is 0.412. The minimum atomic E-state index is 0. The topological polar surface area (TPSA) is 52.6 Å². The van der Waals surface area contributed by atoms with E-state index in [1.165, 1.54) is 56.9 Å². The van der Waals surface area contributed by atoms with E-state index in [2.05, 4.69) is 37.6 Å². The highest BCUT2D eigenvalue weighted by Gasteiger charge is 2.15. The van der Waals surface area contributed by atoms with Crippen molar-refractivity contribution in [2.24, 2.45) is 4.99 Å². The van der Waals surface area contributed by atoms with E-state index < -0.39 is 0 Å². The molecule has 140 valence electrons. The Bertz CT molecular complexity index is 536. The lowest BCUT2D eigenvalue weighted by atomic mass is 9.96. The highest BCUT2D eigenvalue weighted by Crippen LogP contribution is 2.19. The number of rotatable bonds is 4. The standard InChI is InChI=1S/C19H31N5.HI/c1-20-19(23-17-8-4-2-5-9-17)22-15-16-10-11-21-18(14-16)24-12-6-3-7-13-24;/h10-11,14,17H,2-9,12-13,15H2,1H3,(H2,20,22,23);1H. The van der Waals surface area contributed by atoms with Gasteiger partial charge >= 0.3 is 0 Å². The van der Waals surface area contributed by atoms with E-state index >= 15 is 0 Å². The number of piperidine rings is 1. The molecule has 0 atom stereocenters. The number of hydrogen-bond donors (Lipinski definition) is 2. The number of anilines is 1. The molecule has 6 heteroatoms. The number of pyridine rings is 1. The minimum Gasteiger partial charge on any atom is -0.357 e. The van der Waals surface area contributed by atoms with Crippen LogP contribution in [-0.2, 0) is 6.54 Å². The molecule has 0 amide bonds. The Kier molecular flexibility index (Phi) is 8.78. The normalized spacial score (nSPS) is 19.2. The summed E-state index contributed by atoms with van der Waals surface area (Å²) < 4.78 is 0. The van der Waals surface area contributed by atoms with Crippen molar-refractivity contribution in [2.75, 3.05) is 25.0 Å². The zero-order valence-electron chi connectivity index (χ0n) is 15.3. The highest BCUT2D eigenvalue weighted by atomic mass is 127. The molecule has 1 aliphatic carbocycles. The number of nitrogens with one attached hydrogen (secondary N) is 2. The SMILES string of the molecule is CN=C(NCc1ccnc(N2CCCCC2)c1)NC1CCCCC1.I. The average Bonchev–Trinajstić information content (AvgIpc) is 2.67. The first-order valence-corrected chi connectivity index (χ1v) is 9.52. The molecule has 0 radical (unpaired) electrons. The molecule has 0 spiro atoms. The summed E-state index contributed by atoms with van der Waals surface area (Å²) in [5, 5.41) is 7.02. The monoisotopic (exact) mass is 457 g/mol. The summed E-state index contributed by atoms with van der Waals surface area (Å²) >= 11 is 0. The van der Waals surface area contributed by atoms with Crippen molar-refractivity contribution in [1.82, 2.24) is 15.6 Å². The zero-order chi connectivity index (χ0) is 16.6. The molecule has 5 nitrogen and oxygen atoms in total. The van der Waals surface area contributed by atoms with Gasteiger partial charge in [-0.25, -0.2) is 4.98 Å². The molecule has 1 saturated heterocycles. The predicted molar refractivity (Wildman–Crippen MR) is 116 cm³/mol. The Labute approximate surface area is 169 Å². The Morgan fingerprint density at radius 1 is 1.16 bits per heavy atom. The first kappa shape index (κ1) is 20.3. The van der Waals surface area contributed by atoms with Crippen molar-refractivity contribution >= 4 is 35.8 Å². The Hall–Kier alpha value is -1.05. The average molecular weight is 457 g/mol. The molecule has 25 heavy (non-hydrogen) atoms. The summed E-state index contributed by atoms with van der Waals surface area (Å²) in [4.78, 5) is 11.3. The van der Waals surface area contributed by atoms with Gasteiger partial charge in [-0.1, -0.05) is 19.3 Å². The Morgan fingerprint density at radius 3 is 2.60 bits per heavy atom. The van der Waals surface area contributed by atoms with Crippen LogP contribution in [0.3, 0.4) is 0 Å². The van der Waals surface area contributed by atoms with Crippen LogP contribution in [-0.4, -0.2) is 37.1 Å². The van der Waals surface area contributed by atoms with Crippen LogP contribution in [0, 0.1) is 0 Å². The molecular weight excluding hydrogens is 425 g/mol. The Morgan fingerprint density at radius 2 is 1.88 bits per heavy atom. The van der Waals surface area contributed by atoms with Crippen LogP contribution < -0.4 is 15.5 Å². The number of halogens is 1. The molecule has 1 aromatic rings. The highest BCUT2D eigenvalue weighted by molar-refractivity contribution is 14.0. The molecule has 1 aromatic heterocycles. The van der Waals surface area contributed by atoms with Crippen molar-refractivity contribution in [1.29, 1.82) is 0 Å². The van der Waals surface area contributed by atoms with Gasteiger partial charge in [0.05, 0.1) is 0 Å². The van der Waals surface area contributed by atoms with E-state index in [-0.39, 0.29) is 24.0 Å². The van der Waals surface area contributed by atoms with Crippen molar-refractivity contribution in [2.45, 2.75) is 64.0 Å². The van der Waals surface area contributed by atoms with Crippen LogP contribution in [0.25, 0.3) is 0 Å². The number of aliphatic imine (C=N–C) groups is 1. The molecule has 1 aliphatic heterocycles. The van der Waals surface area contributed by atoms with E-state index in [0.29, 0.717) is 6.04 Å². The largest absolute Gasteiger partial charge is 0.357 e. The second-order valence-electron chi connectivity index (χ2n) is 6.98. The smallest absolute Gasteiger partial charge is 0.191 e. The molecule has 2 heterocycles. The van der Waals surface area contributed by atoms with Crippen LogP contribution in [0.5, 0.6) is 0 Å². The van der Waals surface area contributed by atoms with Gasteiger partial charge in [-0.05, 0) is 49.8 Å². The fourth-order valence-corrected chi connectivity index (χ4v) is 3.69. The lowest BCUT2D eigenvalue weighted by molar-refractivity contribution is 0.410. The number of guanidine groups is 1. The van der Waals surface area contributed by atoms with Gasteiger partial charge < -0.3 is 15.5 Å². The van der Waals surface area contributed by atoms with Crippen LogP contribution >= 0.6 is 24.0 Å². The third kappa shape index (κ3) is 6.31. The van der Waals surface area contributed by atoms with Gasteiger partial charge in [-0.3, -0.25) is 4.99 Å². The molecule has 0 aromatic carbocycles. The summed E-state index contributed by atoms with van der Waals surface area (Å²) in [6.07, 6.45) is 12.4. The van der Waals surface area contributed by atoms with Crippen LogP contribution in [0.2, 0.25) is 0 Å². The lowest BCUT2D eigenvalue weighted by Gasteiger charge is -2.28. The second-order valence-corrected chi connectivity index (χ2v) is 6.98. The van der Waals surface area contributed by atoms with E-state index in [0.717, 1.165) is 31.4 Å². The second kappa shape index (κ2) is 10.8. The molecule has 2 fully saturated rings. The number of aromatic nitrogens is 1. The molecule has 3 rings (SSSR count). The van der Waals surface area contributed by atoms with Crippen molar-refractivity contribution < 1.29 is 0 Å². The van der Waals surface area contributed by atoms with E-state index in [9.17, 15) is 0 Å². The van der Waals surface area contributed by atoms with Gasteiger partial charge in [-0.15, -0.1) is 24.0 Å². The van der Waals surface area contributed by atoms with Gasteiger partial charge in [0.25, 0.3) is 0 Å². The van der Waals surface area contributed by atoms with Gasteiger partial charge in [-0.2, -0.15) is 0 Å². The van der Waals surface area contributed by atoms with Gasteiger partial charge in [0.2, 0.25) is 0 Å². The number of hydrogen-bond acceptors (Lipinski definition) is 3. The molecule has 2 N–H and O–H groups in total. The number of nitrogens with zero attached hydrogens (tertiary/aromatic N) is 3. The Balaban J connectivity index is 0.00000225. The lowest BCUT2D eigenvalue weighted by Crippen LogP contribution is -2.43. The summed E-state index contributed by atoms with van der Waals surface area (Å²) in [5.41, 5.74) is 1.26. The van der Waals surface area contributed by atoms with Crippen molar-refractivity contribution in [3.05, 3.63) is 23.9 Å². The van der Waals surface area contributed by atoms with Crippen LogP contribution in [0.4, 0.5) is 5.82 Å².